The van der Waals surface area contributed by atoms with E-state index in [4.69, 9.17) is 0 Å². The third kappa shape index (κ3) is 2.28. The summed E-state index contributed by atoms with van der Waals surface area (Å²) < 4.78 is -0.0958. The van der Waals surface area contributed by atoms with Crippen LogP contribution < -0.4 is 0 Å². The van der Waals surface area contributed by atoms with E-state index in [1.54, 1.807) is 24.2 Å². The van der Waals surface area contributed by atoms with Crippen molar-refractivity contribution in [2.75, 3.05) is 6.26 Å². The minimum Gasteiger partial charge on any atom is -0.298 e. The van der Waals surface area contributed by atoms with E-state index in [1.807, 2.05) is 20.1 Å². The van der Waals surface area contributed by atoms with Crippen LogP contribution in [0.3, 0.4) is 0 Å². The van der Waals surface area contributed by atoms with Crippen LogP contribution in [0.5, 0.6) is 0 Å². The lowest BCUT2D eigenvalue weighted by atomic mass is 10.2. The lowest BCUT2D eigenvalue weighted by molar-refractivity contribution is 0.112. The maximum atomic E-state index is 10.4. The molecule has 0 aliphatic heterocycles. The van der Waals surface area contributed by atoms with Gasteiger partial charge in [-0.25, -0.2) is 9.97 Å². The van der Waals surface area contributed by atoms with Crippen molar-refractivity contribution >= 4 is 18.0 Å². The highest BCUT2D eigenvalue weighted by molar-refractivity contribution is 7.99. The first-order chi connectivity index (χ1) is 6.10. The number of thioether (sulfide) groups is 1. The molecule has 1 rings (SSSR count). The van der Waals surface area contributed by atoms with Gasteiger partial charge in [0.15, 0.2) is 6.29 Å². The second kappa shape index (κ2) is 3.87. The van der Waals surface area contributed by atoms with Crippen molar-refractivity contribution < 1.29 is 4.79 Å². The molecule has 0 amide bonds. The number of rotatable bonds is 3. The SMILES string of the molecule is CSC(C)(C)c1ncc(C=O)cn1. The highest BCUT2D eigenvalue weighted by Gasteiger charge is 2.21. The van der Waals surface area contributed by atoms with Gasteiger partial charge >= 0.3 is 0 Å². The Bertz CT molecular complexity index is 295. The third-order valence-electron chi connectivity index (χ3n) is 1.86. The quantitative estimate of drug-likeness (QED) is 0.692. The first kappa shape index (κ1) is 10.2. The monoisotopic (exact) mass is 196 g/mol. The van der Waals surface area contributed by atoms with Crippen LogP contribution in [0.2, 0.25) is 0 Å². The Labute approximate surface area is 82.0 Å². The third-order valence-corrected chi connectivity index (χ3v) is 3.06. The van der Waals surface area contributed by atoms with Gasteiger partial charge in [-0.3, -0.25) is 4.79 Å². The molecule has 1 aromatic rings. The minimum absolute atomic E-state index is 0.0958. The zero-order valence-corrected chi connectivity index (χ0v) is 8.76. The number of hydrogen-bond donors (Lipinski definition) is 0. The predicted octanol–water partition coefficient (Wildman–Crippen LogP) is 1.89. The van der Waals surface area contributed by atoms with Gasteiger partial charge in [-0.05, 0) is 20.1 Å². The van der Waals surface area contributed by atoms with Crippen LogP contribution in [-0.4, -0.2) is 22.5 Å². The van der Waals surface area contributed by atoms with E-state index in [0.29, 0.717) is 5.56 Å². The number of aldehydes is 1. The predicted molar refractivity (Wildman–Crippen MR) is 54.0 cm³/mol. The van der Waals surface area contributed by atoms with Crippen molar-refractivity contribution in [3.8, 4) is 0 Å². The van der Waals surface area contributed by atoms with E-state index in [2.05, 4.69) is 9.97 Å². The Kier molecular flexibility index (Phi) is 3.03. The lowest BCUT2D eigenvalue weighted by Gasteiger charge is -2.19. The van der Waals surface area contributed by atoms with E-state index < -0.39 is 0 Å². The first-order valence-corrected chi connectivity index (χ1v) is 5.15. The Balaban J connectivity index is 2.98. The van der Waals surface area contributed by atoms with Gasteiger partial charge in [-0.15, -0.1) is 0 Å². The molecule has 0 atom stereocenters. The molecule has 1 aromatic heterocycles. The van der Waals surface area contributed by atoms with E-state index in [-0.39, 0.29) is 4.75 Å². The summed E-state index contributed by atoms with van der Waals surface area (Å²) in [6.45, 7) is 4.10. The standard InChI is InChI=1S/C9H12N2OS/c1-9(2,13-3)8-10-4-7(6-12)5-11-8/h4-6H,1-3H3. The molecule has 70 valence electrons. The van der Waals surface area contributed by atoms with Gasteiger partial charge in [-0.2, -0.15) is 11.8 Å². The van der Waals surface area contributed by atoms with Gasteiger partial charge in [0.2, 0.25) is 0 Å². The summed E-state index contributed by atoms with van der Waals surface area (Å²) in [5.74, 6) is 0.755. The molecule has 0 unspecified atom stereocenters. The van der Waals surface area contributed by atoms with Crippen molar-refractivity contribution in [1.29, 1.82) is 0 Å². The molecular weight excluding hydrogens is 184 g/mol. The fourth-order valence-electron chi connectivity index (χ4n) is 0.801. The van der Waals surface area contributed by atoms with E-state index in [9.17, 15) is 4.79 Å². The number of nitrogens with zero attached hydrogens (tertiary/aromatic N) is 2. The molecule has 0 fully saturated rings. The van der Waals surface area contributed by atoms with Gasteiger partial charge in [0.1, 0.15) is 5.82 Å². The maximum Gasteiger partial charge on any atom is 0.153 e. The molecule has 13 heavy (non-hydrogen) atoms. The largest absolute Gasteiger partial charge is 0.298 e. The van der Waals surface area contributed by atoms with Gasteiger partial charge in [-0.1, -0.05) is 0 Å². The Morgan fingerprint density at radius 3 is 2.31 bits per heavy atom. The van der Waals surface area contributed by atoms with Crippen LogP contribution in [0.1, 0.15) is 30.0 Å². The van der Waals surface area contributed by atoms with Gasteiger partial charge < -0.3 is 0 Å². The number of carbonyl (C=O) groups is 1. The molecule has 0 saturated heterocycles. The molecule has 0 aromatic carbocycles. The zero-order chi connectivity index (χ0) is 9.90. The zero-order valence-electron chi connectivity index (χ0n) is 7.94. The fourth-order valence-corrected chi connectivity index (χ4v) is 1.09. The Hall–Kier alpha value is -0.900. The minimum atomic E-state index is -0.0958. The molecule has 0 saturated carbocycles. The summed E-state index contributed by atoms with van der Waals surface area (Å²) in [5, 5.41) is 0. The van der Waals surface area contributed by atoms with Gasteiger partial charge in [0, 0.05) is 12.4 Å². The molecule has 0 N–H and O–H groups in total. The maximum absolute atomic E-state index is 10.4. The second-order valence-corrected chi connectivity index (χ2v) is 4.60. The molecular formula is C9H12N2OS. The number of carbonyl (C=O) groups excluding carboxylic acids is 1. The topological polar surface area (TPSA) is 42.9 Å². The summed E-state index contributed by atoms with van der Waals surface area (Å²) >= 11 is 1.68. The summed E-state index contributed by atoms with van der Waals surface area (Å²) in [6, 6.07) is 0. The number of aromatic nitrogens is 2. The normalized spacial score (nSPS) is 11.3. The van der Waals surface area contributed by atoms with E-state index >= 15 is 0 Å². The molecule has 0 aliphatic carbocycles. The molecule has 1 heterocycles. The van der Waals surface area contributed by atoms with Crippen molar-refractivity contribution in [2.45, 2.75) is 18.6 Å². The molecule has 3 nitrogen and oxygen atoms in total. The van der Waals surface area contributed by atoms with Crippen molar-refractivity contribution in [1.82, 2.24) is 9.97 Å². The summed E-state index contributed by atoms with van der Waals surface area (Å²) in [7, 11) is 0. The van der Waals surface area contributed by atoms with Crippen LogP contribution in [-0.2, 0) is 4.75 Å². The average Bonchev–Trinajstić information content (AvgIpc) is 2.18. The first-order valence-electron chi connectivity index (χ1n) is 3.93. The Morgan fingerprint density at radius 1 is 1.38 bits per heavy atom. The molecule has 0 aliphatic rings. The van der Waals surface area contributed by atoms with Crippen molar-refractivity contribution in [2.24, 2.45) is 0 Å². The lowest BCUT2D eigenvalue weighted by Crippen LogP contribution is -2.15. The van der Waals surface area contributed by atoms with E-state index in [0.717, 1.165) is 12.1 Å². The average molecular weight is 196 g/mol. The highest BCUT2D eigenvalue weighted by Crippen LogP contribution is 2.30. The smallest absolute Gasteiger partial charge is 0.153 e. The molecule has 0 radical (unpaired) electrons. The van der Waals surface area contributed by atoms with Gasteiger partial charge in [0.05, 0.1) is 10.3 Å². The fraction of sp³-hybridized carbons (Fsp3) is 0.444. The van der Waals surface area contributed by atoms with Crippen LogP contribution in [0.15, 0.2) is 12.4 Å². The van der Waals surface area contributed by atoms with Crippen LogP contribution >= 0.6 is 11.8 Å². The molecule has 0 spiro atoms. The summed E-state index contributed by atoms with van der Waals surface area (Å²) in [4.78, 5) is 18.6. The van der Waals surface area contributed by atoms with Crippen LogP contribution in [0, 0.1) is 0 Å². The summed E-state index contributed by atoms with van der Waals surface area (Å²) in [6.07, 6.45) is 5.85. The summed E-state index contributed by atoms with van der Waals surface area (Å²) in [5.41, 5.74) is 0.514. The van der Waals surface area contributed by atoms with E-state index in [1.165, 1.54) is 0 Å². The van der Waals surface area contributed by atoms with Crippen molar-refractivity contribution in [3.63, 3.8) is 0 Å². The Morgan fingerprint density at radius 2 is 1.92 bits per heavy atom. The van der Waals surface area contributed by atoms with Crippen molar-refractivity contribution in [3.05, 3.63) is 23.8 Å². The second-order valence-electron chi connectivity index (χ2n) is 3.17. The van der Waals surface area contributed by atoms with Crippen LogP contribution in [0.25, 0.3) is 0 Å². The van der Waals surface area contributed by atoms with Crippen LogP contribution in [0.4, 0.5) is 0 Å². The van der Waals surface area contributed by atoms with Gasteiger partial charge in [0.25, 0.3) is 0 Å². The molecule has 4 heteroatoms. The number of hydrogen-bond acceptors (Lipinski definition) is 4. The highest BCUT2D eigenvalue weighted by atomic mass is 32.2. The molecule has 0 bridgehead atoms.